The van der Waals surface area contributed by atoms with E-state index in [2.05, 4.69) is 25.8 Å². The predicted octanol–water partition coefficient (Wildman–Crippen LogP) is 2.73. The molecule has 3 N–H and O–H groups in total. The van der Waals surface area contributed by atoms with Gasteiger partial charge in [-0.2, -0.15) is 0 Å². The number of nitrogens with zero attached hydrogens (tertiary/aromatic N) is 2. The van der Waals surface area contributed by atoms with Crippen LogP contribution in [0.15, 0.2) is 59.8 Å². The van der Waals surface area contributed by atoms with Crippen LogP contribution in [0.1, 0.15) is 5.56 Å². The molecule has 3 amide bonds. The van der Waals surface area contributed by atoms with Crippen LogP contribution in [-0.2, 0) is 11.3 Å². The molecule has 9 heteroatoms. The standard InChI is InChI=1S/C18H16FN5O2S/c19-14-9-5-4-8-13(14)16-22-18(24-23-16)27-11-15(25)21-17(26)20-10-12-6-2-1-3-7-12/h1-9H,10-11H2,(H,22,23,24)(H2,20,21,25,26). The van der Waals surface area contributed by atoms with Crippen molar-refractivity contribution in [2.75, 3.05) is 5.75 Å². The highest BCUT2D eigenvalue weighted by Crippen LogP contribution is 2.21. The number of halogens is 1. The number of H-pyrrole nitrogens is 1. The summed E-state index contributed by atoms with van der Waals surface area (Å²) in [4.78, 5) is 27.7. The van der Waals surface area contributed by atoms with Gasteiger partial charge >= 0.3 is 6.03 Å². The van der Waals surface area contributed by atoms with Gasteiger partial charge < -0.3 is 5.32 Å². The fraction of sp³-hybridized carbons (Fsp3) is 0.111. The molecular weight excluding hydrogens is 369 g/mol. The molecule has 3 rings (SSSR count). The van der Waals surface area contributed by atoms with Crippen molar-refractivity contribution in [1.82, 2.24) is 25.8 Å². The quantitative estimate of drug-likeness (QED) is 0.567. The van der Waals surface area contributed by atoms with Crippen molar-refractivity contribution in [1.29, 1.82) is 0 Å². The Morgan fingerprint density at radius 2 is 1.81 bits per heavy atom. The number of nitrogens with one attached hydrogen (secondary N) is 3. The Morgan fingerprint density at radius 1 is 1.07 bits per heavy atom. The summed E-state index contributed by atoms with van der Waals surface area (Å²) in [6.45, 7) is 0.319. The number of aromatic amines is 1. The maximum absolute atomic E-state index is 13.7. The van der Waals surface area contributed by atoms with Crippen molar-refractivity contribution in [2.45, 2.75) is 11.7 Å². The zero-order valence-corrected chi connectivity index (χ0v) is 14.9. The second-order valence-corrected chi connectivity index (χ2v) is 6.39. The number of urea groups is 1. The van der Waals surface area contributed by atoms with Crippen LogP contribution in [0.3, 0.4) is 0 Å². The van der Waals surface area contributed by atoms with Crippen LogP contribution in [-0.4, -0.2) is 32.9 Å². The number of carbonyl (C=O) groups excluding carboxylic acids is 2. The number of hydrogen-bond acceptors (Lipinski definition) is 5. The van der Waals surface area contributed by atoms with Crippen LogP contribution in [0, 0.1) is 5.82 Å². The summed E-state index contributed by atoms with van der Waals surface area (Å²) in [5.74, 6) is -0.676. The van der Waals surface area contributed by atoms with Gasteiger partial charge in [-0.1, -0.05) is 54.2 Å². The van der Waals surface area contributed by atoms with Gasteiger partial charge in [-0.25, -0.2) is 14.2 Å². The molecule has 1 heterocycles. The van der Waals surface area contributed by atoms with Crippen molar-refractivity contribution in [2.24, 2.45) is 0 Å². The Balaban J connectivity index is 1.45. The van der Waals surface area contributed by atoms with E-state index in [-0.39, 0.29) is 16.7 Å². The Hall–Kier alpha value is -3.20. The van der Waals surface area contributed by atoms with Crippen molar-refractivity contribution >= 4 is 23.7 Å². The summed E-state index contributed by atoms with van der Waals surface area (Å²) in [7, 11) is 0. The van der Waals surface area contributed by atoms with E-state index in [1.165, 1.54) is 6.07 Å². The summed E-state index contributed by atoms with van der Waals surface area (Å²) in [5, 5.41) is 11.7. The number of rotatable bonds is 6. The molecule has 1 aromatic heterocycles. The summed E-state index contributed by atoms with van der Waals surface area (Å²) < 4.78 is 13.7. The van der Waals surface area contributed by atoms with Crippen molar-refractivity contribution < 1.29 is 14.0 Å². The second kappa shape index (κ2) is 8.95. The number of hydrogen-bond donors (Lipinski definition) is 3. The molecule has 0 spiro atoms. The first-order chi connectivity index (χ1) is 13.1. The number of benzene rings is 2. The molecule has 0 unspecified atom stereocenters. The molecular formula is C18H16FN5O2S. The molecule has 0 fully saturated rings. The summed E-state index contributed by atoms with van der Waals surface area (Å²) >= 11 is 1.04. The Morgan fingerprint density at radius 3 is 2.59 bits per heavy atom. The number of carbonyl (C=O) groups is 2. The molecule has 0 aliphatic carbocycles. The van der Waals surface area contributed by atoms with Gasteiger partial charge in [0.05, 0.1) is 11.3 Å². The molecule has 27 heavy (non-hydrogen) atoms. The lowest BCUT2D eigenvalue weighted by Crippen LogP contribution is -2.39. The highest BCUT2D eigenvalue weighted by Gasteiger charge is 2.13. The highest BCUT2D eigenvalue weighted by molar-refractivity contribution is 7.99. The van der Waals surface area contributed by atoms with Crippen LogP contribution >= 0.6 is 11.8 Å². The van der Waals surface area contributed by atoms with Gasteiger partial charge in [0.1, 0.15) is 5.82 Å². The Labute approximate surface area is 158 Å². The zero-order chi connectivity index (χ0) is 19.1. The summed E-state index contributed by atoms with van der Waals surface area (Å²) in [6.07, 6.45) is 0. The van der Waals surface area contributed by atoms with Crippen LogP contribution in [0.5, 0.6) is 0 Å². The SMILES string of the molecule is O=C(CSc1n[nH]c(-c2ccccc2F)n1)NC(=O)NCc1ccccc1. The third-order valence-corrected chi connectivity index (χ3v) is 4.32. The van der Waals surface area contributed by atoms with E-state index in [0.717, 1.165) is 17.3 Å². The number of amides is 3. The van der Waals surface area contributed by atoms with Crippen LogP contribution in [0.25, 0.3) is 11.4 Å². The van der Waals surface area contributed by atoms with Crippen LogP contribution in [0.4, 0.5) is 9.18 Å². The lowest BCUT2D eigenvalue weighted by molar-refractivity contribution is -0.117. The fourth-order valence-corrected chi connectivity index (χ4v) is 2.80. The Bertz CT molecular complexity index is 932. The van der Waals surface area contributed by atoms with Crippen molar-refractivity contribution in [3.8, 4) is 11.4 Å². The third-order valence-electron chi connectivity index (χ3n) is 3.48. The molecule has 0 saturated heterocycles. The second-order valence-electron chi connectivity index (χ2n) is 5.45. The topological polar surface area (TPSA) is 99.8 Å². The Kier molecular flexibility index (Phi) is 6.16. The van der Waals surface area contributed by atoms with Gasteiger partial charge in [-0.05, 0) is 17.7 Å². The monoisotopic (exact) mass is 385 g/mol. The van der Waals surface area contributed by atoms with Gasteiger partial charge in [0.25, 0.3) is 0 Å². The normalized spacial score (nSPS) is 10.4. The lowest BCUT2D eigenvalue weighted by atomic mass is 10.2. The fourth-order valence-electron chi connectivity index (χ4n) is 2.20. The minimum absolute atomic E-state index is 0.0483. The van der Waals surface area contributed by atoms with Crippen LogP contribution < -0.4 is 10.6 Å². The molecule has 0 radical (unpaired) electrons. The number of aromatic nitrogens is 3. The average molecular weight is 385 g/mol. The number of thioether (sulfide) groups is 1. The van der Waals surface area contributed by atoms with Gasteiger partial charge in [0.15, 0.2) is 5.82 Å². The van der Waals surface area contributed by atoms with Gasteiger partial charge in [-0.3, -0.25) is 15.2 Å². The molecule has 0 bridgehead atoms. The van der Waals surface area contributed by atoms with E-state index in [4.69, 9.17) is 0 Å². The molecule has 0 aliphatic heterocycles. The molecule has 0 aliphatic rings. The molecule has 3 aromatic rings. The van der Waals surface area contributed by atoms with Crippen molar-refractivity contribution in [3.63, 3.8) is 0 Å². The van der Waals surface area contributed by atoms with E-state index in [0.29, 0.717) is 12.1 Å². The zero-order valence-electron chi connectivity index (χ0n) is 14.1. The third kappa shape index (κ3) is 5.38. The average Bonchev–Trinajstić information content (AvgIpc) is 3.15. The predicted molar refractivity (Wildman–Crippen MR) is 99.3 cm³/mol. The van der Waals surface area contributed by atoms with E-state index in [1.54, 1.807) is 18.2 Å². The summed E-state index contributed by atoms with van der Waals surface area (Å²) in [5.41, 5.74) is 1.22. The van der Waals surface area contributed by atoms with E-state index in [1.807, 2.05) is 30.3 Å². The first kappa shape index (κ1) is 18.6. The van der Waals surface area contributed by atoms with E-state index >= 15 is 0 Å². The van der Waals surface area contributed by atoms with Gasteiger partial charge in [0.2, 0.25) is 11.1 Å². The number of imide groups is 1. The largest absolute Gasteiger partial charge is 0.334 e. The summed E-state index contributed by atoms with van der Waals surface area (Å²) in [6, 6.07) is 14.9. The first-order valence-electron chi connectivity index (χ1n) is 8.03. The molecule has 7 nitrogen and oxygen atoms in total. The minimum atomic E-state index is -0.577. The van der Waals surface area contributed by atoms with E-state index in [9.17, 15) is 14.0 Å². The minimum Gasteiger partial charge on any atom is -0.334 e. The molecule has 2 aromatic carbocycles. The van der Waals surface area contributed by atoms with Gasteiger partial charge in [0, 0.05) is 6.54 Å². The smallest absolute Gasteiger partial charge is 0.321 e. The van der Waals surface area contributed by atoms with E-state index < -0.39 is 17.8 Å². The molecule has 138 valence electrons. The molecule has 0 atom stereocenters. The maximum atomic E-state index is 13.7. The van der Waals surface area contributed by atoms with Crippen molar-refractivity contribution in [3.05, 3.63) is 66.0 Å². The highest BCUT2D eigenvalue weighted by atomic mass is 32.2. The molecule has 0 saturated carbocycles. The maximum Gasteiger partial charge on any atom is 0.321 e. The van der Waals surface area contributed by atoms with Gasteiger partial charge in [-0.15, -0.1) is 5.10 Å². The lowest BCUT2D eigenvalue weighted by Gasteiger charge is -2.06. The first-order valence-corrected chi connectivity index (χ1v) is 9.02. The van der Waals surface area contributed by atoms with Crippen LogP contribution in [0.2, 0.25) is 0 Å².